The molecule has 0 atom stereocenters. The molecule has 0 unspecified atom stereocenters. The van der Waals surface area contributed by atoms with E-state index in [-0.39, 0.29) is 24.1 Å². The summed E-state index contributed by atoms with van der Waals surface area (Å²) in [6.07, 6.45) is 1.88. The fraction of sp³-hybridized carbons (Fsp3) is 0.529. The summed E-state index contributed by atoms with van der Waals surface area (Å²) in [5.74, 6) is 0.328. The highest BCUT2D eigenvalue weighted by Gasteiger charge is 2.21. The highest BCUT2D eigenvalue weighted by Crippen LogP contribution is 2.19. The van der Waals surface area contributed by atoms with E-state index in [9.17, 15) is 18.4 Å². The van der Waals surface area contributed by atoms with E-state index in [1.54, 1.807) is 0 Å². The van der Waals surface area contributed by atoms with E-state index in [1.165, 1.54) is 31.2 Å². The number of halogens is 2. The topological polar surface area (TPSA) is 70.7 Å². The van der Waals surface area contributed by atoms with Crippen LogP contribution in [-0.4, -0.2) is 49.5 Å². The Balaban J connectivity index is 1.71. The summed E-state index contributed by atoms with van der Waals surface area (Å²) in [5.41, 5.74) is 0.534. The summed E-state index contributed by atoms with van der Waals surface area (Å²) in [6.45, 7) is 1.21. The zero-order chi connectivity index (χ0) is 18.2. The first kappa shape index (κ1) is 19.1. The normalized spacial score (nSPS) is 15.8. The molecular formula is C17H23F2N3O3. The maximum Gasteiger partial charge on any atom is 0.387 e. The monoisotopic (exact) mass is 355 g/mol. The third kappa shape index (κ3) is 7.04. The van der Waals surface area contributed by atoms with Crippen molar-refractivity contribution in [2.24, 2.45) is 5.92 Å². The number of ether oxygens (including phenoxy) is 1. The van der Waals surface area contributed by atoms with E-state index in [4.69, 9.17) is 0 Å². The van der Waals surface area contributed by atoms with Gasteiger partial charge in [0.1, 0.15) is 5.75 Å². The Morgan fingerprint density at radius 1 is 1.24 bits per heavy atom. The van der Waals surface area contributed by atoms with E-state index in [0.29, 0.717) is 18.2 Å². The first-order valence-corrected chi connectivity index (χ1v) is 8.24. The number of benzene rings is 1. The third-order valence-corrected chi connectivity index (χ3v) is 4.08. The number of hydrogen-bond donors (Lipinski definition) is 2. The Kier molecular flexibility index (Phi) is 7.12. The van der Waals surface area contributed by atoms with Crippen molar-refractivity contribution in [2.75, 3.05) is 31.5 Å². The van der Waals surface area contributed by atoms with Crippen LogP contribution in [0.15, 0.2) is 24.3 Å². The molecule has 0 bridgehead atoms. The minimum atomic E-state index is -2.87. The van der Waals surface area contributed by atoms with Gasteiger partial charge in [0, 0.05) is 19.2 Å². The van der Waals surface area contributed by atoms with E-state index in [1.807, 2.05) is 0 Å². The molecule has 0 spiro atoms. The third-order valence-electron chi connectivity index (χ3n) is 4.08. The summed E-state index contributed by atoms with van der Waals surface area (Å²) in [5, 5.41) is 5.57. The second-order valence-corrected chi connectivity index (χ2v) is 6.11. The standard InChI is InChI=1S/C17H23F2N3O3/c1-12(23)20-10-13-6-8-22(9-7-13)11-16(24)21-14-2-4-15(5-3-14)25-17(18)19/h2-5,13,17H,6-11H2,1H3,(H,20,23)(H,21,24). The van der Waals surface area contributed by atoms with Crippen molar-refractivity contribution in [2.45, 2.75) is 26.4 Å². The van der Waals surface area contributed by atoms with Crippen molar-refractivity contribution in [3.05, 3.63) is 24.3 Å². The Morgan fingerprint density at radius 2 is 1.88 bits per heavy atom. The van der Waals surface area contributed by atoms with Gasteiger partial charge < -0.3 is 15.4 Å². The molecule has 2 rings (SSSR count). The number of amides is 2. The Bertz CT molecular complexity index is 573. The van der Waals surface area contributed by atoms with Gasteiger partial charge in [-0.3, -0.25) is 14.5 Å². The second kappa shape index (κ2) is 9.31. The highest BCUT2D eigenvalue weighted by atomic mass is 19.3. The zero-order valence-electron chi connectivity index (χ0n) is 14.1. The van der Waals surface area contributed by atoms with Crippen LogP contribution in [-0.2, 0) is 9.59 Å². The molecule has 1 aliphatic rings. The number of alkyl halides is 2. The minimum absolute atomic E-state index is 0.0215. The largest absolute Gasteiger partial charge is 0.435 e. The van der Waals surface area contributed by atoms with Crippen LogP contribution in [0.1, 0.15) is 19.8 Å². The van der Waals surface area contributed by atoms with E-state index >= 15 is 0 Å². The maximum atomic E-state index is 12.1. The van der Waals surface area contributed by atoms with Gasteiger partial charge >= 0.3 is 6.61 Å². The molecule has 2 amide bonds. The molecule has 6 nitrogen and oxygen atoms in total. The van der Waals surface area contributed by atoms with E-state index < -0.39 is 6.61 Å². The van der Waals surface area contributed by atoms with Gasteiger partial charge in [-0.2, -0.15) is 8.78 Å². The quantitative estimate of drug-likeness (QED) is 0.786. The molecule has 138 valence electrons. The summed E-state index contributed by atoms with van der Waals surface area (Å²) in [7, 11) is 0. The van der Waals surface area contributed by atoms with Gasteiger partial charge in [0.15, 0.2) is 0 Å². The fourth-order valence-electron chi connectivity index (χ4n) is 2.76. The lowest BCUT2D eigenvalue weighted by molar-refractivity contribution is -0.119. The molecule has 1 aliphatic heterocycles. The fourth-order valence-corrected chi connectivity index (χ4v) is 2.76. The molecule has 1 saturated heterocycles. The number of anilines is 1. The molecular weight excluding hydrogens is 332 g/mol. The van der Waals surface area contributed by atoms with Crippen LogP contribution in [0, 0.1) is 5.92 Å². The van der Waals surface area contributed by atoms with Crippen LogP contribution in [0.4, 0.5) is 14.5 Å². The number of rotatable bonds is 7. The van der Waals surface area contributed by atoms with Gasteiger partial charge in [-0.1, -0.05) is 0 Å². The van der Waals surface area contributed by atoms with Crippen molar-refractivity contribution in [3.63, 3.8) is 0 Å². The van der Waals surface area contributed by atoms with Gasteiger partial charge in [0.25, 0.3) is 0 Å². The summed E-state index contributed by atoms with van der Waals surface area (Å²) in [6, 6.07) is 5.81. The summed E-state index contributed by atoms with van der Waals surface area (Å²) >= 11 is 0. The van der Waals surface area contributed by atoms with Crippen LogP contribution in [0.2, 0.25) is 0 Å². The molecule has 1 aromatic carbocycles. The Hall–Kier alpha value is -2.22. The van der Waals surface area contributed by atoms with Gasteiger partial charge in [-0.15, -0.1) is 0 Å². The number of likely N-dealkylation sites (tertiary alicyclic amines) is 1. The number of carbonyl (C=O) groups is 2. The predicted octanol–water partition coefficient (Wildman–Crippen LogP) is 2.07. The number of piperidine rings is 1. The lowest BCUT2D eigenvalue weighted by Crippen LogP contribution is -2.41. The molecule has 1 heterocycles. The van der Waals surface area contributed by atoms with Crippen LogP contribution < -0.4 is 15.4 Å². The first-order chi connectivity index (χ1) is 11.9. The average Bonchev–Trinajstić information content (AvgIpc) is 2.55. The average molecular weight is 355 g/mol. The zero-order valence-corrected chi connectivity index (χ0v) is 14.1. The number of nitrogens with zero attached hydrogens (tertiary/aromatic N) is 1. The molecule has 0 radical (unpaired) electrons. The highest BCUT2D eigenvalue weighted by molar-refractivity contribution is 5.92. The van der Waals surface area contributed by atoms with Gasteiger partial charge in [0.2, 0.25) is 11.8 Å². The van der Waals surface area contributed by atoms with Crippen molar-refractivity contribution in [1.29, 1.82) is 0 Å². The summed E-state index contributed by atoms with van der Waals surface area (Å²) in [4.78, 5) is 25.1. The molecule has 0 aromatic heterocycles. The van der Waals surface area contributed by atoms with Crippen molar-refractivity contribution < 1.29 is 23.1 Å². The number of nitrogens with one attached hydrogen (secondary N) is 2. The van der Waals surface area contributed by atoms with Crippen LogP contribution in [0.3, 0.4) is 0 Å². The van der Waals surface area contributed by atoms with Gasteiger partial charge in [0.05, 0.1) is 6.54 Å². The Morgan fingerprint density at radius 3 is 2.44 bits per heavy atom. The SMILES string of the molecule is CC(=O)NCC1CCN(CC(=O)Nc2ccc(OC(F)F)cc2)CC1. The molecule has 0 aliphatic carbocycles. The van der Waals surface area contributed by atoms with E-state index in [2.05, 4.69) is 20.3 Å². The molecule has 2 N–H and O–H groups in total. The number of carbonyl (C=O) groups excluding carboxylic acids is 2. The van der Waals surface area contributed by atoms with Crippen LogP contribution in [0.25, 0.3) is 0 Å². The van der Waals surface area contributed by atoms with Crippen molar-refractivity contribution >= 4 is 17.5 Å². The minimum Gasteiger partial charge on any atom is -0.435 e. The smallest absolute Gasteiger partial charge is 0.387 e. The molecule has 1 aromatic rings. The van der Waals surface area contributed by atoms with Crippen LogP contribution in [0.5, 0.6) is 5.75 Å². The Labute approximate surface area is 145 Å². The van der Waals surface area contributed by atoms with Gasteiger partial charge in [-0.05, 0) is 56.1 Å². The molecule has 0 saturated carbocycles. The lowest BCUT2D eigenvalue weighted by atomic mass is 9.97. The second-order valence-electron chi connectivity index (χ2n) is 6.11. The van der Waals surface area contributed by atoms with Crippen LogP contribution >= 0.6 is 0 Å². The lowest BCUT2D eigenvalue weighted by Gasteiger charge is -2.31. The number of hydrogen-bond acceptors (Lipinski definition) is 4. The van der Waals surface area contributed by atoms with Crippen molar-refractivity contribution in [1.82, 2.24) is 10.2 Å². The molecule has 8 heteroatoms. The summed E-state index contributed by atoms with van der Waals surface area (Å²) < 4.78 is 28.4. The maximum absolute atomic E-state index is 12.1. The van der Waals surface area contributed by atoms with Crippen molar-refractivity contribution in [3.8, 4) is 5.75 Å². The molecule has 25 heavy (non-hydrogen) atoms. The first-order valence-electron chi connectivity index (χ1n) is 8.24. The van der Waals surface area contributed by atoms with Gasteiger partial charge in [-0.25, -0.2) is 0 Å². The van der Waals surface area contributed by atoms with E-state index in [0.717, 1.165) is 25.9 Å². The predicted molar refractivity (Wildman–Crippen MR) is 89.6 cm³/mol. The molecule has 1 fully saturated rings.